The lowest BCUT2D eigenvalue weighted by Crippen LogP contribution is -2.48. The van der Waals surface area contributed by atoms with Gasteiger partial charge in [-0.2, -0.15) is 0 Å². The molecular formula is C18H26N2OS. The molecule has 4 saturated carbocycles. The fourth-order valence-electron chi connectivity index (χ4n) is 6.03. The van der Waals surface area contributed by atoms with Crippen molar-refractivity contribution in [1.29, 1.82) is 0 Å². The molecule has 1 aliphatic heterocycles. The number of hydrogen-bond acceptors (Lipinski definition) is 4. The van der Waals surface area contributed by atoms with Gasteiger partial charge in [0.05, 0.1) is 11.8 Å². The fourth-order valence-corrected chi connectivity index (χ4v) is 6.87. The minimum atomic E-state index is 0.395. The number of rotatable bonds is 4. The minimum Gasteiger partial charge on any atom is -0.376 e. The van der Waals surface area contributed by atoms with Crippen LogP contribution in [0.2, 0.25) is 0 Å². The molecule has 2 heterocycles. The van der Waals surface area contributed by atoms with Crippen molar-refractivity contribution < 1.29 is 4.74 Å². The standard InChI is InChI=1S/C18H26N2OS/c1-2-15(21-3-1)10-19-17-20-16(11-22-17)18-7-12-4-13(8-18)6-14(5-12)9-18/h11-15H,1-10H2,(H,19,20). The second kappa shape index (κ2) is 5.20. The van der Waals surface area contributed by atoms with E-state index in [0.29, 0.717) is 11.5 Å². The van der Waals surface area contributed by atoms with E-state index in [1.807, 2.05) is 0 Å². The van der Waals surface area contributed by atoms with Crippen LogP contribution in [0.5, 0.6) is 0 Å². The Labute approximate surface area is 136 Å². The third-order valence-corrected chi connectivity index (χ3v) is 7.39. The van der Waals surface area contributed by atoms with Crippen molar-refractivity contribution in [2.24, 2.45) is 17.8 Å². The maximum atomic E-state index is 5.70. The summed E-state index contributed by atoms with van der Waals surface area (Å²) in [5.41, 5.74) is 1.85. The van der Waals surface area contributed by atoms with Crippen molar-refractivity contribution in [2.45, 2.75) is 62.9 Å². The Morgan fingerprint density at radius 1 is 1.18 bits per heavy atom. The van der Waals surface area contributed by atoms with Gasteiger partial charge in [0.25, 0.3) is 0 Å². The van der Waals surface area contributed by atoms with Crippen molar-refractivity contribution in [3.63, 3.8) is 0 Å². The van der Waals surface area contributed by atoms with Gasteiger partial charge in [-0.05, 0) is 69.1 Å². The zero-order valence-corrected chi connectivity index (χ0v) is 14.0. The normalized spacial score (nSPS) is 42.9. The predicted octanol–water partition coefficient (Wildman–Crippen LogP) is 4.20. The Hall–Kier alpha value is -0.610. The lowest BCUT2D eigenvalue weighted by molar-refractivity contribution is -0.00688. The van der Waals surface area contributed by atoms with Gasteiger partial charge in [-0.3, -0.25) is 0 Å². The topological polar surface area (TPSA) is 34.1 Å². The SMILES string of the molecule is c1sc(NCC2CCCO2)nc1C12CC3CC(CC(C3)C1)C2. The third-order valence-electron chi connectivity index (χ3n) is 6.59. The maximum Gasteiger partial charge on any atom is 0.182 e. The summed E-state index contributed by atoms with van der Waals surface area (Å²) >= 11 is 1.80. The average Bonchev–Trinajstić information content (AvgIpc) is 3.16. The Kier molecular flexibility index (Phi) is 3.26. The van der Waals surface area contributed by atoms with Gasteiger partial charge in [0.2, 0.25) is 0 Å². The zero-order chi connectivity index (χ0) is 14.6. The molecule has 0 radical (unpaired) electrons. The van der Waals surface area contributed by atoms with E-state index in [-0.39, 0.29) is 0 Å². The third kappa shape index (κ3) is 2.30. The van der Waals surface area contributed by atoms with Crippen molar-refractivity contribution in [2.75, 3.05) is 18.5 Å². The molecule has 1 aromatic heterocycles. The van der Waals surface area contributed by atoms with Crippen LogP contribution >= 0.6 is 11.3 Å². The van der Waals surface area contributed by atoms with Crippen molar-refractivity contribution in [1.82, 2.24) is 4.98 Å². The molecule has 6 rings (SSSR count). The van der Waals surface area contributed by atoms with Crippen LogP contribution in [-0.4, -0.2) is 24.2 Å². The van der Waals surface area contributed by atoms with Gasteiger partial charge < -0.3 is 10.1 Å². The second-order valence-corrected chi connectivity index (χ2v) is 9.11. The van der Waals surface area contributed by atoms with Crippen molar-refractivity contribution in [3.05, 3.63) is 11.1 Å². The number of thiazole rings is 1. The first kappa shape index (κ1) is 13.8. The van der Waals surface area contributed by atoms with Crippen LogP contribution in [0.4, 0.5) is 5.13 Å². The summed E-state index contributed by atoms with van der Waals surface area (Å²) in [6.45, 7) is 1.86. The van der Waals surface area contributed by atoms with E-state index in [0.717, 1.165) is 36.0 Å². The van der Waals surface area contributed by atoms with Crippen LogP contribution in [-0.2, 0) is 10.2 Å². The molecule has 0 amide bonds. The lowest BCUT2D eigenvalue weighted by atomic mass is 9.49. The Bertz CT molecular complexity index is 514. The van der Waals surface area contributed by atoms with E-state index in [1.165, 1.54) is 57.1 Å². The van der Waals surface area contributed by atoms with Gasteiger partial charge >= 0.3 is 0 Å². The van der Waals surface area contributed by atoms with Crippen LogP contribution < -0.4 is 5.32 Å². The molecule has 4 aliphatic carbocycles. The molecule has 3 nitrogen and oxygen atoms in total. The van der Waals surface area contributed by atoms with Crippen LogP contribution in [0, 0.1) is 17.8 Å². The summed E-state index contributed by atoms with van der Waals surface area (Å²) in [6.07, 6.45) is 11.6. The maximum absolute atomic E-state index is 5.70. The van der Waals surface area contributed by atoms with E-state index < -0.39 is 0 Å². The molecule has 1 saturated heterocycles. The summed E-state index contributed by atoms with van der Waals surface area (Å²) in [4.78, 5) is 5.01. The first-order valence-electron chi connectivity index (χ1n) is 9.11. The van der Waals surface area contributed by atoms with E-state index in [2.05, 4.69) is 10.7 Å². The van der Waals surface area contributed by atoms with Gasteiger partial charge in [0.15, 0.2) is 5.13 Å². The highest BCUT2D eigenvalue weighted by molar-refractivity contribution is 7.13. The smallest absolute Gasteiger partial charge is 0.182 e. The number of aromatic nitrogens is 1. The molecule has 1 N–H and O–H groups in total. The van der Waals surface area contributed by atoms with Crippen LogP contribution in [0.3, 0.4) is 0 Å². The monoisotopic (exact) mass is 318 g/mol. The molecule has 4 bridgehead atoms. The number of nitrogens with zero attached hydrogens (tertiary/aromatic N) is 1. The molecule has 5 aliphatic rings. The summed E-state index contributed by atoms with van der Waals surface area (Å²) in [5.74, 6) is 2.99. The Balaban J connectivity index is 1.31. The van der Waals surface area contributed by atoms with Crippen LogP contribution in [0.15, 0.2) is 5.38 Å². The van der Waals surface area contributed by atoms with Gasteiger partial charge in [0.1, 0.15) is 0 Å². The van der Waals surface area contributed by atoms with Crippen LogP contribution in [0.1, 0.15) is 57.1 Å². The summed E-state index contributed by atoms with van der Waals surface area (Å²) in [5, 5.41) is 6.99. The Morgan fingerprint density at radius 3 is 2.55 bits per heavy atom. The predicted molar refractivity (Wildman–Crippen MR) is 89.4 cm³/mol. The molecule has 120 valence electrons. The molecule has 0 aromatic carbocycles. The lowest BCUT2D eigenvalue weighted by Gasteiger charge is -2.56. The van der Waals surface area contributed by atoms with Gasteiger partial charge in [-0.15, -0.1) is 11.3 Å². The van der Waals surface area contributed by atoms with Gasteiger partial charge in [0, 0.05) is 23.9 Å². The summed E-state index contributed by atoms with van der Waals surface area (Å²) < 4.78 is 5.70. The molecular weight excluding hydrogens is 292 g/mol. The fraction of sp³-hybridized carbons (Fsp3) is 0.833. The average molecular weight is 318 g/mol. The zero-order valence-electron chi connectivity index (χ0n) is 13.2. The number of nitrogens with one attached hydrogen (secondary N) is 1. The molecule has 1 atom stereocenters. The molecule has 22 heavy (non-hydrogen) atoms. The first-order chi connectivity index (χ1) is 10.8. The first-order valence-corrected chi connectivity index (χ1v) is 9.98. The van der Waals surface area contributed by atoms with E-state index >= 15 is 0 Å². The highest BCUT2D eigenvalue weighted by Gasteiger charge is 2.52. The van der Waals surface area contributed by atoms with E-state index in [4.69, 9.17) is 9.72 Å². The highest BCUT2D eigenvalue weighted by Crippen LogP contribution is 2.60. The van der Waals surface area contributed by atoms with Gasteiger partial charge in [-0.1, -0.05) is 0 Å². The highest BCUT2D eigenvalue weighted by atomic mass is 32.1. The second-order valence-electron chi connectivity index (χ2n) is 8.25. The number of ether oxygens (including phenoxy) is 1. The quantitative estimate of drug-likeness (QED) is 0.903. The van der Waals surface area contributed by atoms with Crippen molar-refractivity contribution in [3.8, 4) is 0 Å². The summed E-state index contributed by atoms with van der Waals surface area (Å²) in [6, 6.07) is 0. The minimum absolute atomic E-state index is 0.395. The van der Waals surface area contributed by atoms with Gasteiger partial charge in [-0.25, -0.2) is 4.98 Å². The largest absolute Gasteiger partial charge is 0.376 e. The summed E-state index contributed by atoms with van der Waals surface area (Å²) in [7, 11) is 0. The molecule has 1 aromatic rings. The molecule has 1 unspecified atom stereocenters. The molecule has 0 spiro atoms. The number of hydrogen-bond donors (Lipinski definition) is 1. The molecule has 4 heteroatoms. The van der Waals surface area contributed by atoms with Crippen LogP contribution in [0.25, 0.3) is 0 Å². The molecule has 5 fully saturated rings. The van der Waals surface area contributed by atoms with Crippen molar-refractivity contribution >= 4 is 16.5 Å². The Morgan fingerprint density at radius 2 is 1.91 bits per heavy atom. The van der Waals surface area contributed by atoms with E-state index in [1.54, 1.807) is 11.3 Å². The van der Waals surface area contributed by atoms with E-state index in [9.17, 15) is 0 Å². The number of anilines is 1.